The molecule has 1 aromatic carbocycles. The molecule has 6 heteroatoms. The number of hydrogen-bond acceptors (Lipinski definition) is 3. The third-order valence-electron chi connectivity index (χ3n) is 5.40. The lowest BCUT2D eigenvalue weighted by atomic mass is 9.80. The number of likely N-dealkylation sites (tertiary alicyclic amines) is 1. The molecular formula is C19H24Cl2N2O2. The lowest BCUT2D eigenvalue weighted by Gasteiger charge is -2.34. The number of carboxylic acid groups (broad SMARTS) is 1. The average molecular weight is 383 g/mol. The van der Waals surface area contributed by atoms with Gasteiger partial charge in [0.05, 0.1) is 5.92 Å². The van der Waals surface area contributed by atoms with E-state index in [0.29, 0.717) is 10.0 Å². The van der Waals surface area contributed by atoms with Crippen molar-refractivity contribution < 1.29 is 9.90 Å². The van der Waals surface area contributed by atoms with Crippen LogP contribution in [-0.2, 0) is 4.79 Å². The Hall–Kier alpha value is -1.07. The van der Waals surface area contributed by atoms with E-state index in [4.69, 9.17) is 34.0 Å². The highest BCUT2D eigenvalue weighted by Gasteiger charge is 2.28. The molecule has 0 bridgehead atoms. The Labute approximate surface area is 158 Å². The monoisotopic (exact) mass is 382 g/mol. The maximum absolute atomic E-state index is 11.0. The van der Waals surface area contributed by atoms with Crippen LogP contribution >= 0.6 is 23.2 Å². The van der Waals surface area contributed by atoms with Crippen LogP contribution in [0.4, 0.5) is 0 Å². The highest BCUT2D eigenvalue weighted by molar-refractivity contribution is 6.35. The van der Waals surface area contributed by atoms with Gasteiger partial charge in [-0.3, -0.25) is 9.69 Å². The topological polar surface area (TPSA) is 66.6 Å². The summed E-state index contributed by atoms with van der Waals surface area (Å²) in [5.41, 5.74) is 8.86. The minimum Gasteiger partial charge on any atom is -0.481 e. The van der Waals surface area contributed by atoms with Gasteiger partial charge < -0.3 is 10.8 Å². The number of benzene rings is 1. The van der Waals surface area contributed by atoms with Crippen LogP contribution in [0, 0.1) is 5.92 Å². The van der Waals surface area contributed by atoms with Crippen LogP contribution in [0.2, 0.25) is 10.0 Å². The maximum Gasteiger partial charge on any atom is 0.306 e. The van der Waals surface area contributed by atoms with Crippen molar-refractivity contribution in [3.05, 3.63) is 45.5 Å². The number of aliphatic carboxylic acids is 1. The Morgan fingerprint density at radius 3 is 2.60 bits per heavy atom. The Morgan fingerprint density at radius 2 is 2.00 bits per heavy atom. The second-order valence-corrected chi connectivity index (χ2v) is 7.97. The Balaban J connectivity index is 1.59. The molecule has 2 atom stereocenters. The van der Waals surface area contributed by atoms with Gasteiger partial charge in [0.25, 0.3) is 0 Å². The summed E-state index contributed by atoms with van der Waals surface area (Å²) in [6.45, 7) is 2.58. The highest BCUT2D eigenvalue weighted by atomic mass is 35.5. The molecule has 3 rings (SSSR count). The fourth-order valence-electron chi connectivity index (χ4n) is 3.91. The average Bonchev–Trinajstić information content (AvgIpc) is 2.56. The predicted molar refractivity (Wildman–Crippen MR) is 101 cm³/mol. The number of halogens is 2. The summed E-state index contributed by atoms with van der Waals surface area (Å²) in [5.74, 6) is -0.636. The van der Waals surface area contributed by atoms with Gasteiger partial charge in [0.2, 0.25) is 0 Å². The molecule has 1 heterocycles. The van der Waals surface area contributed by atoms with E-state index >= 15 is 0 Å². The molecule has 25 heavy (non-hydrogen) atoms. The van der Waals surface area contributed by atoms with E-state index in [2.05, 4.69) is 11.0 Å². The van der Waals surface area contributed by atoms with Gasteiger partial charge in [-0.15, -0.1) is 0 Å². The lowest BCUT2D eigenvalue weighted by Crippen LogP contribution is -2.39. The number of nitrogens with two attached hydrogens (primary N) is 1. The van der Waals surface area contributed by atoms with Gasteiger partial charge >= 0.3 is 5.97 Å². The van der Waals surface area contributed by atoms with Crippen molar-refractivity contribution in [3.63, 3.8) is 0 Å². The van der Waals surface area contributed by atoms with Crippen LogP contribution in [0.1, 0.15) is 37.2 Å². The van der Waals surface area contributed by atoms with E-state index in [9.17, 15) is 4.79 Å². The smallest absolute Gasteiger partial charge is 0.306 e. The van der Waals surface area contributed by atoms with E-state index < -0.39 is 5.97 Å². The number of carbonyl (C=O) groups is 1. The van der Waals surface area contributed by atoms with E-state index in [1.807, 2.05) is 12.1 Å². The third kappa shape index (κ3) is 4.56. The van der Waals surface area contributed by atoms with Gasteiger partial charge in [0.15, 0.2) is 0 Å². The summed E-state index contributed by atoms with van der Waals surface area (Å²) in [6, 6.07) is 5.65. The van der Waals surface area contributed by atoms with Crippen molar-refractivity contribution >= 4 is 29.2 Å². The van der Waals surface area contributed by atoms with Crippen molar-refractivity contribution in [2.45, 2.75) is 37.6 Å². The number of hydrogen-bond donors (Lipinski definition) is 2. The van der Waals surface area contributed by atoms with Crippen molar-refractivity contribution in [2.75, 3.05) is 19.6 Å². The summed E-state index contributed by atoms with van der Waals surface area (Å²) in [7, 11) is 0. The van der Waals surface area contributed by atoms with Crippen LogP contribution in [0.25, 0.3) is 0 Å². The molecule has 1 aliphatic heterocycles. The summed E-state index contributed by atoms with van der Waals surface area (Å²) < 4.78 is 0. The second-order valence-electron chi connectivity index (χ2n) is 7.13. The van der Waals surface area contributed by atoms with E-state index in [1.54, 1.807) is 6.07 Å². The minimum atomic E-state index is -0.666. The SMILES string of the molecule is NC1CC(CN2CCC(C(=O)O)CC2)=CCC1c1ccc(Cl)cc1Cl. The van der Waals surface area contributed by atoms with Crippen molar-refractivity contribution in [1.29, 1.82) is 0 Å². The fraction of sp³-hybridized carbons (Fsp3) is 0.526. The first-order valence-corrected chi connectivity index (χ1v) is 9.53. The van der Waals surface area contributed by atoms with Crippen molar-refractivity contribution in [2.24, 2.45) is 11.7 Å². The molecule has 0 spiro atoms. The van der Waals surface area contributed by atoms with Crippen LogP contribution < -0.4 is 5.73 Å². The zero-order valence-electron chi connectivity index (χ0n) is 14.1. The van der Waals surface area contributed by atoms with Crippen molar-refractivity contribution in [1.82, 2.24) is 4.90 Å². The zero-order chi connectivity index (χ0) is 18.0. The molecule has 136 valence electrons. The summed E-state index contributed by atoms with van der Waals surface area (Å²) in [4.78, 5) is 13.4. The lowest BCUT2D eigenvalue weighted by molar-refractivity contribution is -0.143. The standard InChI is InChI=1S/C19H24Cl2N2O2/c20-14-2-4-15(17(21)10-14)16-3-1-12(9-18(16)22)11-23-7-5-13(6-8-23)19(24)25/h1-2,4,10,13,16,18H,3,5-9,11,22H2,(H,24,25). The molecule has 1 fully saturated rings. The van der Waals surface area contributed by atoms with Gasteiger partial charge in [-0.05, 0) is 56.5 Å². The molecular weight excluding hydrogens is 359 g/mol. The number of piperidine rings is 1. The maximum atomic E-state index is 11.0. The molecule has 0 radical (unpaired) electrons. The number of carboxylic acids is 1. The van der Waals surface area contributed by atoms with Gasteiger partial charge in [0, 0.05) is 28.5 Å². The normalized spacial score (nSPS) is 25.6. The minimum absolute atomic E-state index is 0.0373. The number of nitrogens with zero attached hydrogens (tertiary/aromatic N) is 1. The van der Waals surface area contributed by atoms with E-state index in [-0.39, 0.29) is 17.9 Å². The third-order valence-corrected chi connectivity index (χ3v) is 5.96. The zero-order valence-corrected chi connectivity index (χ0v) is 15.6. The summed E-state index contributed by atoms with van der Waals surface area (Å²) in [6.07, 6.45) is 5.48. The first kappa shape index (κ1) is 18.7. The van der Waals surface area contributed by atoms with Gasteiger partial charge in [0.1, 0.15) is 0 Å². The van der Waals surface area contributed by atoms with Crippen LogP contribution in [0.5, 0.6) is 0 Å². The van der Waals surface area contributed by atoms with Crippen LogP contribution in [0.15, 0.2) is 29.8 Å². The number of rotatable bonds is 4. The van der Waals surface area contributed by atoms with Crippen LogP contribution in [-0.4, -0.2) is 41.7 Å². The Morgan fingerprint density at radius 1 is 1.28 bits per heavy atom. The summed E-state index contributed by atoms with van der Waals surface area (Å²) in [5, 5.41) is 10.4. The molecule has 3 N–H and O–H groups in total. The predicted octanol–water partition coefficient (Wildman–Crippen LogP) is 3.92. The molecule has 4 nitrogen and oxygen atoms in total. The molecule has 2 aliphatic rings. The number of allylic oxidation sites excluding steroid dienone is 1. The fourth-order valence-corrected chi connectivity index (χ4v) is 4.46. The largest absolute Gasteiger partial charge is 0.481 e. The molecule has 1 aromatic rings. The molecule has 0 saturated carbocycles. The Kier molecular flexibility index (Phi) is 6.05. The van der Waals surface area contributed by atoms with Crippen LogP contribution in [0.3, 0.4) is 0 Å². The van der Waals surface area contributed by atoms with Gasteiger partial charge in [-0.1, -0.05) is 40.9 Å². The quantitative estimate of drug-likeness (QED) is 0.774. The Bertz CT molecular complexity index is 669. The summed E-state index contributed by atoms with van der Waals surface area (Å²) >= 11 is 12.3. The first-order valence-electron chi connectivity index (χ1n) is 8.77. The molecule has 0 aromatic heterocycles. The van der Waals surface area contributed by atoms with E-state index in [0.717, 1.165) is 50.9 Å². The van der Waals surface area contributed by atoms with Gasteiger partial charge in [-0.25, -0.2) is 0 Å². The highest BCUT2D eigenvalue weighted by Crippen LogP contribution is 2.36. The van der Waals surface area contributed by atoms with Crippen molar-refractivity contribution in [3.8, 4) is 0 Å². The first-order chi connectivity index (χ1) is 11.9. The second kappa shape index (κ2) is 8.09. The van der Waals surface area contributed by atoms with E-state index in [1.165, 1.54) is 5.57 Å². The molecule has 1 saturated heterocycles. The van der Waals surface area contributed by atoms with Gasteiger partial charge in [-0.2, -0.15) is 0 Å². The molecule has 2 unspecified atom stereocenters. The molecule has 0 amide bonds. The molecule has 1 aliphatic carbocycles.